The quantitative estimate of drug-likeness (QED) is 0.915. The van der Waals surface area contributed by atoms with Gasteiger partial charge in [-0.1, -0.05) is 0 Å². The lowest BCUT2D eigenvalue weighted by Crippen LogP contribution is -2.18. The van der Waals surface area contributed by atoms with Crippen LogP contribution in [0, 0.1) is 5.82 Å². The van der Waals surface area contributed by atoms with Crippen LogP contribution in [0.1, 0.15) is 11.6 Å². The minimum Gasteiger partial charge on any atom is -0.491 e. The molecule has 3 nitrogen and oxygen atoms in total. The molecule has 0 amide bonds. The normalized spacial score (nSPS) is 17.4. The summed E-state index contributed by atoms with van der Waals surface area (Å²) >= 11 is 0. The summed E-state index contributed by atoms with van der Waals surface area (Å²) < 4.78 is 46.8. The first-order valence-corrected chi connectivity index (χ1v) is 4.70. The van der Waals surface area contributed by atoms with Crippen LogP contribution < -0.4 is 14.8 Å². The molecule has 1 aromatic carbocycles. The highest BCUT2D eigenvalue weighted by molar-refractivity contribution is 5.85. The van der Waals surface area contributed by atoms with Crippen LogP contribution >= 0.6 is 12.4 Å². The highest BCUT2D eigenvalue weighted by Gasteiger charge is 2.27. The van der Waals surface area contributed by atoms with E-state index in [-0.39, 0.29) is 36.6 Å². The molecule has 0 bridgehead atoms. The Labute approximate surface area is 102 Å². The third-order valence-electron chi connectivity index (χ3n) is 2.39. The van der Waals surface area contributed by atoms with Crippen LogP contribution in [-0.2, 0) is 0 Å². The molecule has 0 aromatic heterocycles. The molecule has 0 radical (unpaired) electrons. The van der Waals surface area contributed by atoms with Gasteiger partial charge >= 0.3 is 6.61 Å². The molecule has 0 saturated carbocycles. The van der Waals surface area contributed by atoms with E-state index in [0.717, 1.165) is 6.07 Å². The van der Waals surface area contributed by atoms with E-state index in [9.17, 15) is 13.2 Å². The molecule has 1 aromatic rings. The molecule has 0 unspecified atom stereocenters. The maximum absolute atomic E-state index is 13.6. The van der Waals surface area contributed by atoms with Crippen molar-refractivity contribution >= 4 is 12.4 Å². The lowest BCUT2D eigenvalue weighted by molar-refractivity contribution is -0.0500. The van der Waals surface area contributed by atoms with Gasteiger partial charge in [0.25, 0.3) is 0 Å². The first-order chi connectivity index (χ1) is 7.61. The molecular weight excluding hydrogens is 259 g/mol. The number of halogens is 4. The third kappa shape index (κ3) is 2.76. The van der Waals surface area contributed by atoms with E-state index in [1.807, 2.05) is 0 Å². The van der Waals surface area contributed by atoms with E-state index in [2.05, 4.69) is 10.1 Å². The summed E-state index contributed by atoms with van der Waals surface area (Å²) in [6, 6.07) is 1.95. The molecule has 7 heteroatoms. The zero-order chi connectivity index (χ0) is 11.7. The number of nitrogens with one attached hydrogen (secondary N) is 1. The highest BCUT2D eigenvalue weighted by atomic mass is 35.5. The zero-order valence-electron chi connectivity index (χ0n) is 8.88. The van der Waals surface area contributed by atoms with Crippen LogP contribution in [-0.4, -0.2) is 20.3 Å². The largest absolute Gasteiger partial charge is 0.491 e. The number of ether oxygens (including phenoxy) is 2. The number of likely N-dealkylation sites (N-methyl/N-ethyl adjacent to an activating group) is 1. The molecule has 0 fully saturated rings. The van der Waals surface area contributed by atoms with E-state index in [4.69, 9.17) is 4.74 Å². The lowest BCUT2D eigenvalue weighted by Gasteiger charge is -2.09. The molecule has 96 valence electrons. The lowest BCUT2D eigenvalue weighted by atomic mass is 10.1. The predicted molar refractivity (Wildman–Crippen MR) is 57.6 cm³/mol. The summed E-state index contributed by atoms with van der Waals surface area (Å²) in [7, 11) is 1.67. The summed E-state index contributed by atoms with van der Waals surface area (Å²) in [5.74, 6) is -0.594. The Hall–Kier alpha value is -1.14. The van der Waals surface area contributed by atoms with Gasteiger partial charge in [0.15, 0.2) is 0 Å². The zero-order valence-corrected chi connectivity index (χ0v) is 9.69. The Morgan fingerprint density at radius 1 is 1.47 bits per heavy atom. The minimum atomic E-state index is -2.97. The smallest absolute Gasteiger partial charge is 0.387 e. The molecule has 1 N–H and O–H groups in total. The second-order valence-electron chi connectivity index (χ2n) is 3.35. The van der Waals surface area contributed by atoms with Crippen LogP contribution in [0.5, 0.6) is 11.5 Å². The Morgan fingerprint density at radius 3 is 2.76 bits per heavy atom. The number of benzene rings is 1. The molecule has 1 heterocycles. The van der Waals surface area contributed by atoms with Crippen LogP contribution in [0.25, 0.3) is 0 Å². The molecule has 1 aliphatic heterocycles. The van der Waals surface area contributed by atoms with Gasteiger partial charge in [0.2, 0.25) is 0 Å². The molecule has 17 heavy (non-hydrogen) atoms. The van der Waals surface area contributed by atoms with Gasteiger partial charge < -0.3 is 14.8 Å². The minimum absolute atomic E-state index is 0. The summed E-state index contributed by atoms with van der Waals surface area (Å²) in [5, 5.41) is 2.87. The average Bonchev–Trinajstić information content (AvgIpc) is 2.59. The molecule has 0 saturated heterocycles. The molecular formula is C10H11ClF3NO2. The van der Waals surface area contributed by atoms with Gasteiger partial charge in [0.1, 0.15) is 23.9 Å². The van der Waals surface area contributed by atoms with E-state index >= 15 is 0 Å². The number of alkyl halides is 2. The van der Waals surface area contributed by atoms with Gasteiger partial charge in [0, 0.05) is 12.1 Å². The Bertz CT molecular complexity index is 403. The molecule has 0 spiro atoms. The van der Waals surface area contributed by atoms with Crippen LogP contribution in [0.2, 0.25) is 0 Å². The van der Waals surface area contributed by atoms with Crippen molar-refractivity contribution in [2.24, 2.45) is 0 Å². The molecule has 1 atom stereocenters. The summed E-state index contributed by atoms with van der Waals surface area (Å²) in [5.41, 5.74) is 0.351. The standard InChI is InChI=1S/C10H10F3NO2.ClH/c1-14-7-4-15-8-3-5(16-10(12)13)2-6(11)9(7)8;/h2-3,7,10,14H,4H2,1H3;1H/t7-;/m1./s1. The summed E-state index contributed by atoms with van der Waals surface area (Å²) in [6.45, 7) is -2.69. The van der Waals surface area contributed by atoms with Crippen molar-refractivity contribution in [3.05, 3.63) is 23.5 Å². The molecule has 2 rings (SSSR count). The van der Waals surface area contributed by atoms with Gasteiger partial charge in [-0.2, -0.15) is 8.78 Å². The van der Waals surface area contributed by atoms with Crippen molar-refractivity contribution in [3.8, 4) is 11.5 Å². The second-order valence-corrected chi connectivity index (χ2v) is 3.35. The van der Waals surface area contributed by atoms with Gasteiger partial charge in [-0.15, -0.1) is 12.4 Å². The van der Waals surface area contributed by atoms with E-state index in [1.165, 1.54) is 6.07 Å². The van der Waals surface area contributed by atoms with E-state index in [1.54, 1.807) is 7.05 Å². The van der Waals surface area contributed by atoms with E-state index < -0.39 is 12.4 Å². The van der Waals surface area contributed by atoms with Crippen molar-refractivity contribution in [2.45, 2.75) is 12.7 Å². The van der Waals surface area contributed by atoms with Crippen molar-refractivity contribution in [1.82, 2.24) is 5.32 Å². The first kappa shape index (κ1) is 13.9. The van der Waals surface area contributed by atoms with Gasteiger partial charge in [-0.05, 0) is 7.05 Å². The van der Waals surface area contributed by atoms with Crippen molar-refractivity contribution in [2.75, 3.05) is 13.7 Å². The number of hydrogen-bond acceptors (Lipinski definition) is 3. The summed E-state index contributed by atoms with van der Waals surface area (Å²) in [6.07, 6.45) is 0. The monoisotopic (exact) mass is 269 g/mol. The van der Waals surface area contributed by atoms with Gasteiger partial charge in [-0.3, -0.25) is 0 Å². The Kier molecular flexibility index (Phi) is 4.47. The highest BCUT2D eigenvalue weighted by Crippen LogP contribution is 2.37. The average molecular weight is 270 g/mol. The first-order valence-electron chi connectivity index (χ1n) is 4.70. The molecule has 0 aliphatic carbocycles. The Balaban J connectivity index is 0.00000144. The van der Waals surface area contributed by atoms with E-state index in [0.29, 0.717) is 5.56 Å². The third-order valence-corrected chi connectivity index (χ3v) is 2.39. The van der Waals surface area contributed by atoms with Crippen LogP contribution in [0.15, 0.2) is 12.1 Å². The summed E-state index contributed by atoms with van der Waals surface area (Å²) in [4.78, 5) is 0. The number of rotatable bonds is 3. The topological polar surface area (TPSA) is 30.5 Å². The Morgan fingerprint density at radius 2 is 2.18 bits per heavy atom. The fourth-order valence-electron chi connectivity index (χ4n) is 1.68. The number of fused-ring (bicyclic) bond motifs is 1. The fraction of sp³-hybridized carbons (Fsp3) is 0.400. The van der Waals surface area contributed by atoms with Gasteiger partial charge in [0.05, 0.1) is 11.6 Å². The van der Waals surface area contributed by atoms with Crippen molar-refractivity contribution < 1.29 is 22.6 Å². The maximum atomic E-state index is 13.6. The maximum Gasteiger partial charge on any atom is 0.387 e. The molecule has 1 aliphatic rings. The second kappa shape index (κ2) is 5.46. The predicted octanol–water partition coefficient (Wildman–Crippen LogP) is 2.50. The van der Waals surface area contributed by atoms with Crippen LogP contribution in [0.4, 0.5) is 13.2 Å². The fourth-order valence-corrected chi connectivity index (χ4v) is 1.68. The van der Waals surface area contributed by atoms with Gasteiger partial charge in [-0.25, -0.2) is 4.39 Å². The van der Waals surface area contributed by atoms with Crippen molar-refractivity contribution in [1.29, 1.82) is 0 Å². The van der Waals surface area contributed by atoms with Crippen LogP contribution in [0.3, 0.4) is 0 Å². The van der Waals surface area contributed by atoms with Crippen molar-refractivity contribution in [3.63, 3.8) is 0 Å². The number of hydrogen-bond donors (Lipinski definition) is 1. The SMILES string of the molecule is CN[C@@H]1COc2cc(OC(F)F)cc(F)c21.Cl.